The van der Waals surface area contributed by atoms with Gasteiger partial charge in [-0.25, -0.2) is 9.67 Å². The van der Waals surface area contributed by atoms with E-state index in [1.165, 1.54) is 6.07 Å². The van der Waals surface area contributed by atoms with E-state index in [0.717, 1.165) is 5.56 Å². The van der Waals surface area contributed by atoms with Gasteiger partial charge in [-0.3, -0.25) is 9.59 Å². The molecule has 0 atom stereocenters. The standard InChI is InChI=1S/C22H21N5O2/c1-3-26-14-16(10-11-20(26)28)24-22(29)17-12-19(15-8-6-5-7-9-15)25-21-18(17)13-23-27(21)4-2/h5-14H,3-4H2,1-2H3,(H,24,29). The van der Waals surface area contributed by atoms with Crippen LogP contribution in [0.3, 0.4) is 0 Å². The Labute approximate surface area is 167 Å². The number of aryl methyl sites for hydroxylation is 2. The van der Waals surface area contributed by atoms with E-state index >= 15 is 0 Å². The van der Waals surface area contributed by atoms with E-state index in [2.05, 4.69) is 10.4 Å². The molecule has 7 heteroatoms. The zero-order chi connectivity index (χ0) is 20.4. The van der Waals surface area contributed by atoms with Crippen LogP contribution in [0.2, 0.25) is 0 Å². The zero-order valence-electron chi connectivity index (χ0n) is 16.3. The average Bonchev–Trinajstić information content (AvgIpc) is 3.18. The smallest absolute Gasteiger partial charge is 0.256 e. The number of nitrogens with one attached hydrogen (secondary N) is 1. The van der Waals surface area contributed by atoms with Crippen LogP contribution in [0.15, 0.2) is 65.7 Å². The van der Waals surface area contributed by atoms with Gasteiger partial charge in [0.05, 0.1) is 28.5 Å². The molecule has 0 radical (unpaired) electrons. The molecule has 1 N–H and O–H groups in total. The van der Waals surface area contributed by atoms with E-state index < -0.39 is 0 Å². The van der Waals surface area contributed by atoms with Crippen molar-refractivity contribution in [2.24, 2.45) is 0 Å². The summed E-state index contributed by atoms with van der Waals surface area (Å²) in [5.41, 5.74) is 3.24. The third-order valence-corrected chi connectivity index (χ3v) is 4.80. The number of carbonyl (C=O) groups excluding carboxylic acids is 1. The number of hydrogen-bond donors (Lipinski definition) is 1. The van der Waals surface area contributed by atoms with Gasteiger partial charge in [0.25, 0.3) is 11.5 Å². The van der Waals surface area contributed by atoms with Crippen molar-refractivity contribution in [3.05, 3.63) is 76.8 Å². The summed E-state index contributed by atoms with van der Waals surface area (Å²) >= 11 is 0. The minimum atomic E-state index is -0.272. The van der Waals surface area contributed by atoms with Gasteiger partial charge >= 0.3 is 0 Å². The van der Waals surface area contributed by atoms with E-state index in [4.69, 9.17) is 4.98 Å². The molecule has 146 valence electrons. The van der Waals surface area contributed by atoms with Gasteiger partial charge in [0.1, 0.15) is 0 Å². The Morgan fingerprint density at radius 2 is 1.86 bits per heavy atom. The summed E-state index contributed by atoms with van der Waals surface area (Å²) in [5.74, 6) is -0.272. The normalized spacial score (nSPS) is 11.0. The van der Waals surface area contributed by atoms with Crippen LogP contribution in [0.4, 0.5) is 5.69 Å². The fourth-order valence-corrected chi connectivity index (χ4v) is 3.27. The quantitative estimate of drug-likeness (QED) is 0.568. The van der Waals surface area contributed by atoms with Crippen LogP contribution in [0.5, 0.6) is 0 Å². The third kappa shape index (κ3) is 3.54. The molecule has 0 saturated carbocycles. The first-order chi connectivity index (χ1) is 14.1. The molecule has 3 heterocycles. The molecule has 0 saturated heterocycles. The third-order valence-electron chi connectivity index (χ3n) is 4.80. The number of rotatable bonds is 5. The second-order valence-corrected chi connectivity index (χ2v) is 6.61. The molecule has 4 rings (SSSR count). The van der Waals surface area contributed by atoms with Crippen molar-refractivity contribution >= 4 is 22.6 Å². The number of pyridine rings is 2. The van der Waals surface area contributed by atoms with Gasteiger partial charge in [0.2, 0.25) is 0 Å². The van der Waals surface area contributed by atoms with E-state index in [-0.39, 0.29) is 11.5 Å². The second kappa shape index (κ2) is 7.71. The lowest BCUT2D eigenvalue weighted by molar-refractivity contribution is 0.102. The molecular formula is C22H21N5O2. The van der Waals surface area contributed by atoms with Crippen molar-refractivity contribution in [2.75, 3.05) is 5.32 Å². The first-order valence-corrected chi connectivity index (χ1v) is 9.54. The maximum absolute atomic E-state index is 13.1. The molecule has 3 aromatic heterocycles. The van der Waals surface area contributed by atoms with Gasteiger partial charge in [0, 0.05) is 30.9 Å². The molecular weight excluding hydrogens is 366 g/mol. The molecule has 0 spiro atoms. The number of benzene rings is 1. The Morgan fingerprint density at radius 3 is 2.59 bits per heavy atom. The Balaban J connectivity index is 1.80. The van der Waals surface area contributed by atoms with Crippen molar-refractivity contribution in [1.82, 2.24) is 19.3 Å². The van der Waals surface area contributed by atoms with E-state index in [1.54, 1.807) is 33.8 Å². The topological polar surface area (TPSA) is 81.8 Å². The van der Waals surface area contributed by atoms with Crippen LogP contribution in [-0.2, 0) is 13.1 Å². The summed E-state index contributed by atoms with van der Waals surface area (Å²) in [7, 11) is 0. The molecule has 0 aliphatic rings. The van der Waals surface area contributed by atoms with Crippen LogP contribution in [0.25, 0.3) is 22.3 Å². The minimum absolute atomic E-state index is 0.104. The van der Waals surface area contributed by atoms with Crippen molar-refractivity contribution in [1.29, 1.82) is 0 Å². The van der Waals surface area contributed by atoms with Crippen molar-refractivity contribution in [2.45, 2.75) is 26.9 Å². The lowest BCUT2D eigenvalue weighted by Gasteiger charge is -2.10. The van der Waals surface area contributed by atoms with Crippen LogP contribution >= 0.6 is 0 Å². The molecule has 0 fully saturated rings. The number of aromatic nitrogens is 4. The lowest BCUT2D eigenvalue weighted by Crippen LogP contribution is -2.20. The van der Waals surface area contributed by atoms with Crippen LogP contribution < -0.4 is 10.9 Å². The van der Waals surface area contributed by atoms with Crippen LogP contribution in [-0.4, -0.2) is 25.2 Å². The number of nitrogens with zero attached hydrogens (tertiary/aromatic N) is 4. The van der Waals surface area contributed by atoms with E-state index in [9.17, 15) is 9.59 Å². The highest BCUT2D eigenvalue weighted by atomic mass is 16.1. The summed E-state index contributed by atoms with van der Waals surface area (Å²) in [4.78, 5) is 29.7. The van der Waals surface area contributed by atoms with Gasteiger partial charge in [0.15, 0.2) is 5.65 Å². The number of fused-ring (bicyclic) bond motifs is 1. The highest BCUT2D eigenvalue weighted by Crippen LogP contribution is 2.25. The molecule has 0 unspecified atom stereocenters. The Morgan fingerprint density at radius 1 is 1.07 bits per heavy atom. The molecule has 0 aliphatic heterocycles. The van der Waals surface area contributed by atoms with E-state index in [0.29, 0.717) is 41.1 Å². The predicted octanol–water partition coefficient (Wildman–Crippen LogP) is 3.55. The van der Waals surface area contributed by atoms with Crippen LogP contribution in [0.1, 0.15) is 24.2 Å². The van der Waals surface area contributed by atoms with E-state index in [1.807, 2.05) is 44.2 Å². The summed E-state index contributed by atoms with van der Waals surface area (Å²) in [6, 6.07) is 14.6. The average molecular weight is 387 g/mol. The maximum atomic E-state index is 13.1. The summed E-state index contributed by atoms with van der Waals surface area (Å²) in [6.45, 7) is 5.04. The molecule has 29 heavy (non-hydrogen) atoms. The monoisotopic (exact) mass is 387 g/mol. The Bertz CT molecular complexity index is 1240. The van der Waals surface area contributed by atoms with Gasteiger partial charge in [-0.2, -0.15) is 5.10 Å². The predicted molar refractivity (Wildman–Crippen MR) is 113 cm³/mol. The summed E-state index contributed by atoms with van der Waals surface area (Å²) < 4.78 is 3.32. The first-order valence-electron chi connectivity index (χ1n) is 9.54. The summed E-state index contributed by atoms with van der Waals surface area (Å²) in [5, 5.41) is 7.95. The van der Waals surface area contributed by atoms with Gasteiger partial charge < -0.3 is 9.88 Å². The fraction of sp³-hybridized carbons (Fsp3) is 0.182. The fourth-order valence-electron chi connectivity index (χ4n) is 3.27. The largest absolute Gasteiger partial charge is 0.321 e. The van der Waals surface area contributed by atoms with Crippen molar-refractivity contribution in [3.63, 3.8) is 0 Å². The molecule has 1 aromatic carbocycles. The van der Waals surface area contributed by atoms with Crippen LogP contribution in [0, 0.1) is 0 Å². The second-order valence-electron chi connectivity index (χ2n) is 6.61. The Hall–Kier alpha value is -3.74. The van der Waals surface area contributed by atoms with Crippen molar-refractivity contribution in [3.8, 4) is 11.3 Å². The number of carbonyl (C=O) groups is 1. The number of anilines is 1. The highest BCUT2D eigenvalue weighted by molar-refractivity contribution is 6.12. The Kier molecular flexibility index (Phi) is 4.95. The number of hydrogen-bond acceptors (Lipinski definition) is 4. The van der Waals surface area contributed by atoms with Gasteiger partial charge in [-0.1, -0.05) is 30.3 Å². The van der Waals surface area contributed by atoms with Gasteiger partial charge in [-0.05, 0) is 26.0 Å². The minimum Gasteiger partial charge on any atom is -0.321 e. The molecule has 4 aromatic rings. The SMILES string of the molecule is CCn1cc(NC(=O)c2cc(-c3ccccc3)nc3c2cnn3CC)ccc1=O. The number of amides is 1. The molecule has 0 aliphatic carbocycles. The maximum Gasteiger partial charge on any atom is 0.256 e. The highest BCUT2D eigenvalue weighted by Gasteiger charge is 2.17. The molecule has 7 nitrogen and oxygen atoms in total. The lowest BCUT2D eigenvalue weighted by atomic mass is 10.1. The van der Waals surface area contributed by atoms with Gasteiger partial charge in [-0.15, -0.1) is 0 Å². The summed E-state index contributed by atoms with van der Waals surface area (Å²) in [6.07, 6.45) is 3.31. The first kappa shape index (κ1) is 18.6. The molecule has 0 bridgehead atoms. The van der Waals surface area contributed by atoms with Crippen molar-refractivity contribution < 1.29 is 4.79 Å². The molecule has 1 amide bonds. The zero-order valence-corrected chi connectivity index (χ0v) is 16.3.